The lowest BCUT2D eigenvalue weighted by atomic mass is 9.96. The zero-order chi connectivity index (χ0) is 11.6. The molecule has 1 aromatic rings. The Kier molecular flexibility index (Phi) is 3.28. The standard InChI is InChI=1S/C12H22N4/c1-12(2,3)11-13-10(14-15-11)6-9-16-7-4-5-8-16/h4-9H2,1-3H3,(H,13,14,15). The predicted octanol–water partition coefficient (Wildman–Crippen LogP) is 1.74. The van der Waals surface area contributed by atoms with Crippen LogP contribution in [0.15, 0.2) is 0 Å². The molecule has 1 N–H and O–H groups in total. The highest BCUT2D eigenvalue weighted by atomic mass is 15.2. The van der Waals surface area contributed by atoms with Crippen molar-refractivity contribution in [2.24, 2.45) is 0 Å². The number of H-pyrrole nitrogens is 1. The predicted molar refractivity (Wildman–Crippen MR) is 64.5 cm³/mol. The van der Waals surface area contributed by atoms with Gasteiger partial charge in [0.1, 0.15) is 5.82 Å². The van der Waals surface area contributed by atoms with E-state index in [9.17, 15) is 0 Å². The maximum absolute atomic E-state index is 4.55. The average molecular weight is 222 g/mol. The Morgan fingerprint density at radius 2 is 1.94 bits per heavy atom. The highest BCUT2D eigenvalue weighted by Gasteiger charge is 2.19. The Labute approximate surface area is 97.5 Å². The molecule has 2 heterocycles. The van der Waals surface area contributed by atoms with Gasteiger partial charge in [-0.3, -0.25) is 5.10 Å². The van der Waals surface area contributed by atoms with Crippen LogP contribution < -0.4 is 0 Å². The average Bonchev–Trinajstić information content (AvgIpc) is 2.85. The molecule has 0 saturated carbocycles. The molecule has 1 aliphatic heterocycles. The van der Waals surface area contributed by atoms with E-state index in [-0.39, 0.29) is 5.41 Å². The van der Waals surface area contributed by atoms with E-state index in [0.29, 0.717) is 0 Å². The van der Waals surface area contributed by atoms with E-state index < -0.39 is 0 Å². The smallest absolute Gasteiger partial charge is 0.155 e. The molecule has 0 radical (unpaired) electrons. The van der Waals surface area contributed by atoms with Crippen molar-refractivity contribution in [1.29, 1.82) is 0 Å². The second kappa shape index (κ2) is 4.53. The first-order valence-electron chi connectivity index (χ1n) is 6.20. The van der Waals surface area contributed by atoms with Crippen LogP contribution in [-0.4, -0.2) is 39.7 Å². The molecule has 1 fully saturated rings. The van der Waals surface area contributed by atoms with Crippen molar-refractivity contribution in [3.63, 3.8) is 0 Å². The van der Waals surface area contributed by atoms with Crippen molar-refractivity contribution >= 4 is 0 Å². The van der Waals surface area contributed by atoms with Crippen molar-refractivity contribution < 1.29 is 0 Å². The quantitative estimate of drug-likeness (QED) is 0.847. The van der Waals surface area contributed by atoms with Crippen molar-refractivity contribution in [2.75, 3.05) is 19.6 Å². The summed E-state index contributed by atoms with van der Waals surface area (Å²) in [6.45, 7) is 10.0. The van der Waals surface area contributed by atoms with E-state index in [1.165, 1.54) is 25.9 Å². The molecule has 16 heavy (non-hydrogen) atoms. The fraction of sp³-hybridized carbons (Fsp3) is 0.833. The molecule has 4 nitrogen and oxygen atoms in total. The lowest BCUT2D eigenvalue weighted by Gasteiger charge is -2.13. The molecule has 90 valence electrons. The first kappa shape index (κ1) is 11.6. The van der Waals surface area contributed by atoms with Crippen molar-refractivity contribution in [3.8, 4) is 0 Å². The fourth-order valence-corrected chi connectivity index (χ4v) is 2.01. The van der Waals surface area contributed by atoms with E-state index in [0.717, 1.165) is 24.6 Å². The van der Waals surface area contributed by atoms with Crippen LogP contribution in [0.5, 0.6) is 0 Å². The van der Waals surface area contributed by atoms with Gasteiger partial charge in [0.15, 0.2) is 5.82 Å². The van der Waals surface area contributed by atoms with Crippen molar-refractivity contribution in [1.82, 2.24) is 20.1 Å². The molecule has 0 atom stereocenters. The Morgan fingerprint density at radius 1 is 1.25 bits per heavy atom. The van der Waals surface area contributed by atoms with Crippen molar-refractivity contribution in [3.05, 3.63) is 11.6 Å². The van der Waals surface area contributed by atoms with E-state index in [2.05, 4.69) is 40.9 Å². The molecule has 0 bridgehead atoms. The fourth-order valence-electron chi connectivity index (χ4n) is 2.01. The summed E-state index contributed by atoms with van der Waals surface area (Å²) in [5.74, 6) is 1.95. The monoisotopic (exact) mass is 222 g/mol. The summed E-state index contributed by atoms with van der Waals surface area (Å²) in [5, 5.41) is 7.33. The van der Waals surface area contributed by atoms with Gasteiger partial charge >= 0.3 is 0 Å². The van der Waals surface area contributed by atoms with Crippen molar-refractivity contribution in [2.45, 2.75) is 45.4 Å². The summed E-state index contributed by atoms with van der Waals surface area (Å²) in [6, 6.07) is 0. The zero-order valence-electron chi connectivity index (χ0n) is 10.6. The highest BCUT2D eigenvalue weighted by Crippen LogP contribution is 2.17. The highest BCUT2D eigenvalue weighted by molar-refractivity contribution is 5.02. The number of nitrogens with one attached hydrogen (secondary N) is 1. The number of hydrogen-bond donors (Lipinski definition) is 1. The van der Waals surface area contributed by atoms with Gasteiger partial charge in [-0.25, -0.2) is 4.98 Å². The first-order valence-corrected chi connectivity index (χ1v) is 6.20. The minimum Gasteiger partial charge on any atom is -0.303 e. The second-order valence-electron chi connectivity index (χ2n) is 5.65. The van der Waals surface area contributed by atoms with Crippen LogP contribution >= 0.6 is 0 Å². The molecule has 0 aromatic carbocycles. The van der Waals surface area contributed by atoms with Gasteiger partial charge in [0.2, 0.25) is 0 Å². The van der Waals surface area contributed by atoms with Crippen LogP contribution in [0.1, 0.15) is 45.3 Å². The Morgan fingerprint density at radius 3 is 2.50 bits per heavy atom. The molecule has 0 aliphatic carbocycles. The molecule has 2 rings (SSSR count). The molecule has 0 unspecified atom stereocenters. The topological polar surface area (TPSA) is 44.8 Å². The first-order chi connectivity index (χ1) is 7.55. The minimum absolute atomic E-state index is 0.0440. The van der Waals surface area contributed by atoms with Gasteiger partial charge in [-0.1, -0.05) is 20.8 Å². The maximum Gasteiger partial charge on any atom is 0.155 e. The summed E-state index contributed by atoms with van der Waals surface area (Å²) in [7, 11) is 0. The van der Waals surface area contributed by atoms with Gasteiger partial charge in [0.05, 0.1) is 0 Å². The third-order valence-electron chi connectivity index (χ3n) is 3.07. The van der Waals surface area contributed by atoms with Gasteiger partial charge < -0.3 is 4.90 Å². The Balaban J connectivity index is 1.87. The summed E-state index contributed by atoms with van der Waals surface area (Å²) < 4.78 is 0. The molecule has 0 spiro atoms. The van der Waals surface area contributed by atoms with Gasteiger partial charge in [-0.15, -0.1) is 0 Å². The molecule has 1 saturated heterocycles. The number of aromatic amines is 1. The van der Waals surface area contributed by atoms with E-state index in [1.54, 1.807) is 0 Å². The van der Waals surface area contributed by atoms with Gasteiger partial charge in [-0.05, 0) is 25.9 Å². The minimum atomic E-state index is 0.0440. The van der Waals surface area contributed by atoms with Gasteiger partial charge in [0, 0.05) is 18.4 Å². The molecule has 1 aromatic heterocycles. The molecular weight excluding hydrogens is 200 g/mol. The lowest BCUT2D eigenvalue weighted by molar-refractivity contribution is 0.341. The number of aromatic nitrogens is 3. The van der Waals surface area contributed by atoms with E-state index in [1.807, 2.05) is 0 Å². The molecule has 1 aliphatic rings. The number of likely N-dealkylation sites (tertiary alicyclic amines) is 1. The second-order valence-corrected chi connectivity index (χ2v) is 5.65. The van der Waals surface area contributed by atoms with Gasteiger partial charge in [0.25, 0.3) is 0 Å². The van der Waals surface area contributed by atoms with Crippen LogP contribution in [0.25, 0.3) is 0 Å². The van der Waals surface area contributed by atoms with Crippen LogP contribution in [0.2, 0.25) is 0 Å². The zero-order valence-corrected chi connectivity index (χ0v) is 10.6. The number of nitrogens with zero attached hydrogens (tertiary/aromatic N) is 3. The van der Waals surface area contributed by atoms with Crippen LogP contribution in [0.4, 0.5) is 0 Å². The van der Waals surface area contributed by atoms with Gasteiger partial charge in [-0.2, -0.15) is 5.10 Å². The summed E-state index contributed by atoms with van der Waals surface area (Å²) >= 11 is 0. The molecule has 0 amide bonds. The number of rotatable bonds is 3. The Hall–Kier alpha value is -0.900. The SMILES string of the molecule is CC(C)(C)c1n[nH]c(CCN2CCCC2)n1. The van der Waals surface area contributed by atoms with Crippen LogP contribution in [0.3, 0.4) is 0 Å². The third kappa shape index (κ3) is 2.82. The summed E-state index contributed by atoms with van der Waals surface area (Å²) in [6.07, 6.45) is 3.69. The van der Waals surface area contributed by atoms with Crippen LogP contribution in [-0.2, 0) is 11.8 Å². The summed E-state index contributed by atoms with van der Waals surface area (Å²) in [4.78, 5) is 7.05. The van der Waals surface area contributed by atoms with Crippen LogP contribution in [0, 0.1) is 0 Å². The van der Waals surface area contributed by atoms with E-state index in [4.69, 9.17) is 0 Å². The number of hydrogen-bond acceptors (Lipinski definition) is 3. The summed E-state index contributed by atoms with van der Waals surface area (Å²) in [5.41, 5.74) is 0.0440. The third-order valence-corrected chi connectivity index (χ3v) is 3.07. The molecular formula is C12H22N4. The van der Waals surface area contributed by atoms with E-state index >= 15 is 0 Å². The lowest BCUT2D eigenvalue weighted by Crippen LogP contribution is -2.22. The maximum atomic E-state index is 4.55. The molecule has 4 heteroatoms. The Bertz CT molecular complexity index is 331. The largest absolute Gasteiger partial charge is 0.303 e. The normalized spacial score (nSPS) is 18.2.